The van der Waals surface area contributed by atoms with Gasteiger partial charge in [0, 0.05) is 21.8 Å². The monoisotopic (exact) mass is 367 g/mol. The van der Waals surface area contributed by atoms with Crippen LogP contribution >= 0.6 is 23.8 Å². The van der Waals surface area contributed by atoms with Crippen molar-refractivity contribution in [3.8, 4) is 0 Å². The number of carbonyl (C=O) groups is 1. The Kier molecular flexibility index (Phi) is 7.70. The van der Waals surface area contributed by atoms with Crippen LogP contribution in [0.2, 0.25) is 0 Å². The maximum Gasteiger partial charge on any atom is 0.230 e. The lowest BCUT2D eigenvalue weighted by Crippen LogP contribution is -2.32. The molecule has 1 aromatic carbocycles. The molecule has 0 saturated heterocycles. The number of hydrogen-bond acceptors (Lipinski definition) is 2. The third-order valence-electron chi connectivity index (χ3n) is 3.35. The maximum atomic E-state index is 12.5. The van der Waals surface area contributed by atoms with Crippen molar-refractivity contribution in [3.63, 3.8) is 0 Å². The summed E-state index contributed by atoms with van der Waals surface area (Å²) < 4.78 is 0. The van der Waals surface area contributed by atoms with Gasteiger partial charge in [-0.3, -0.25) is 4.79 Å². The number of hydrogen-bond donors (Lipinski definition) is 3. The quantitative estimate of drug-likeness (QED) is 0.609. The van der Waals surface area contributed by atoms with Crippen molar-refractivity contribution in [1.82, 2.24) is 5.32 Å². The molecule has 0 spiro atoms. The molecule has 1 amide bonds. The topological polar surface area (TPSA) is 53.2 Å². The number of rotatable bonds is 7. The first kappa shape index (κ1) is 20.5. The smallest absolute Gasteiger partial charge is 0.230 e. The Labute approximate surface area is 155 Å². The Hall–Kier alpha value is -1.59. The fraction of sp³-hybridized carbons (Fsp3) is 0.444. The SMILES string of the molecule is C=C(Cl)CNC(=S)Nc1cccc(NC(=O)C(C)(C)CC(C)C)c1. The molecule has 1 rings (SSSR count). The molecule has 132 valence electrons. The summed E-state index contributed by atoms with van der Waals surface area (Å²) in [6, 6.07) is 7.42. The van der Waals surface area contributed by atoms with Crippen LogP contribution in [0.5, 0.6) is 0 Å². The van der Waals surface area contributed by atoms with Crippen LogP contribution in [0.1, 0.15) is 34.1 Å². The van der Waals surface area contributed by atoms with Crippen LogP contribution in [0, 0.1) is 11.3 Å². The largest absolute Gasteiger partial charge is 0.357 e. The molecule has 0 saturated carbocycles. The molecule has 3 N–H and O–H groups in total. The molecule has 1 aromatic rings. The summed E-state index contributed by atoms with van der Waals surface area (Å²) in [7, 11) is 0. The molecule has 0 atom stereocenters. The number of carbonyl (C=O) groups excluding carboxylic acids is 1. The average Bonchev–Trinajstić information content (AvgIpc) is 2.44. The fourth-order valence-electron chi connectivity index (χ4n) is 2.44. The van der Waals surface area contributed by atoms with E-state index in [1.807, 2.05) is 38.1 Å². The van der Waals surface area contributed by atoms with Crippen LogP contribution in [0.25, 0.3) is 0 Å². The number of amides is 1. The summed E-state index contributed by atoms with van der Waals surface area (Å²) in [5.74, 6) is 0.464. The van der Waals surface area contributed by atoms with E-state index in [1.165, 1.54) is 0 Å². The lowest BCUT2D eigenvalue weighted by molar-refractivity contribution is -0.124. The molecule has 0 fully saturated rings. The Morgan fingerprint density at radius 3 is 2.42 bits per heavy atom. The fourth-order valence-corrected chi connectivity index (χ4v) is 2.70. The molecular formula is C18H26ClN3OS. The summed E-state index contributed by atoms with van der Waals surface area (Å²) in [4.78, 5) is 12.5. The summed E-state index contributed by atoms with van der Waals surface area (Å²) in [5, 5.41) is 9.89. The summed E-state index contributed by atoms with van der Waals surface area (Å²) in [6.07, 6.45) is 0.826. The van der Waals surface area contributed by atoms with Crippen LogP contribution in [-0.2, 0) is 4.79 Å². The third-order valence-corrected chi connectivity index (χ3v) is 3.73. The molecule has 4 nitrogen and oxygen atoms in total. The molecule has 6 heteroatoms. The van der Waals surface area contributed by atoms with Crippen LogP contribution in [0.4, 0.5) is 11.4 Å². The first-order chi connectivity index (χ1) is 11.1. The number of anilines is 2. The van der Waals surface area contributed by atoms with E-state index in [0.29, 0.717) is 22.6 Å². The van der Waals surface area contributed by atoms with Crippen molar-refractivity contribution < 1.29 is 4.79 Å². The van der Waals surface area contributed by atoms with Gasteiger partial charge in [-0.25, -0.2) is 0 Å². The summed E-state index contributed by atoms with van der Waals surface area (Å²) in [5.41, 5.74) is 1.09. The minimum Gasteiger partial charge on any atom is -0.357 e. The molecule has 0 aliphatic heterocycles. The van der Waals surface area contributed by atoms with E-state index in [4.69, 9.17) is 23.8 Å². The van der Waals surface area contributed by atoms with Gasteiger partial charge in [0.15, 0.2) is 5.11 Å². The second kappa shape index (κ2) is 9.04. The van der Waals surface area contributed by atoms with E-state index in [-0.39, 0.29) is 5.91 Å². The summed E-state index contributed by atoms with van der Waals surface area (Å²) >= 11 is 10.9. The van der Waals surface area contributed by atoms with E-state index in [0.717, 1.165) is 17.8 Å². The van der Waals surface area contributed by atoms with Gasteiger partial charge in [0.25, 0.3) is 0 Å². The zero-order valence-corrected chi connectivity index (χ0v) is 16.3. The van der Waals surface area contributed by atoms with Gasteiger partial charge in [0.05, 0.1) is 6.54 Å². The van der Waals surface area contributed by atoms with Gasteiger partial charge < -0.3 is 16.0 Å². The van der Waals surface area contributed by atoms with Crippen molar-refractivity contribution in [3.05, 3.63) is 35.9 Å². The Bertz CT molecular complexity index is 614. The number of benzene rings is 1. The number of halogens is 1. The second-order valence-electron chi connectivity index (χ2n) is 6.84. The van der Waals surface area contributed by atoms with E-state index in [2.05, 4.69) is 36.4 Å². The zero-order valence-electron chi connectivity index (χ0n) is 14.7. The highest BCUT2D eigenvalue weighted by atomic mass is 35.5. The van der Waals surface area contributed by atoms with Gasteiger partial charge in [0.2, 0.25) is 5.91 Å². The number of nitrogens with one attached hydrogen (secondary N) is 3. The molecular weight excluding hydrogens is 342 g/mol. The standard InChI is InChI=1S/C18H26ClN3OS/c1-12(2)10-18(4,5)16(23)21-14-7-6-8-15(9-14)22-17(24)20-11-13(3)19/h6-9,12H,3,10-11H2,1-2,4-5H3,(H,21,23)(H2,20,22,24). The van der Waals surface area contributed by atoms with Crippen molar-refractivity contribution in [2.75, 3.05) is 17.2 Å². The van der Waals surface area contributed by atoms with E-state index in [9.17, 15) is 4.79 Å². The zero-order chi connectivity index (χ0) is 18.3. The molecule has 0 aliphatic rings. The van der Waals surface area contributed by atoms with Crippen LogP contribution in [-0.4, -0.2) is 17.6 Å². The molecule has 24 heavy (non-hydrogen) atoms. The lowest BCUT2D eigenvalue weighted by atomic mass is 9.83. The molecule has 0 unspecified atom stereocenters. The highest BCUT2D eigenvalue weighted by Crippen LogP contribution is 2.27. The predicted octanol–water partition coefficient (Wildman–Crippen LogP) is 4.74. The highest BCUT2D eigenvalue weighted by Gasteiger charge is 2.28. The van der Waals surface area contributed by atoms with Gasteiger partial charge in [0.1, 0.15) is 0 Å². The van der Waals surface area contributed by atoms with Crippen molar-refractivity contribution in [1.29, 1.82) is 0 Å². The molecule has 0 radical (unpaired) electrons. The van der Waals surface area contributed by atoms with Crippen LogP contribution in [0.15, 0.2) is 35.9 Å². The predicted molar refractivity (Wildman–Crippen MR) is 108 cm³/mol. The van der Waals surface area contributed by atoms with Crippen LogP contribution in [0.3, 0.4) is 0 Å². The Balaban J connectivity index is 2.70. The lowest BCUT2D eigenvalue weighted by Gasteiger charge is -2.25. The Morgan fingerprint density at radius 1 is 1.29 bits per heavy atom. The molecule has 0 heterocycles. The number of thiocarbonyl (C=S) groups is 1. The first-order valence-corrected chi connectivity index (χ1v) is 8.68. The minimum absolute atomic E-state index is 0.00694. The second-order valence-corrected chi connectivity index (χ2v) is 7.78. The van der Waals surface area contributed by atoms with Gasteiger partial charge in [-0.15, -0.1) is 0 Å². The van der Waals surface area contributed by atoms with Gasteiger partial charge in [-0.05, 0) is 42.8 Å². The highest BCUT2D eigenvalue weighted by molar-refractivity contribution is 7.80. The van der Waals surface area contributed by atoms with E-state index < -0.39 is 5.41 Å². The van der Waals surface area contributed by atoms with Crippen LogP contribution < -0.4 is 16.0 Å². The van der Waals surface area contributed by atoms with Crippen molar-refractivity contribution >= 4 is 46.2 Å². The molecule has 0 aliphatic carbocycles. The maximum absolute atomic E-state index is 12.5. The van der Waals surface area contributed by atoms with Gasteiger partial charge in [-0.2, -0.15) is 0 Å². The third kappa shape index (κ3) is 7.32. The molecule has 0 aromatic heterocycles. The van der Waals surface area contributed by atoms with E-state index in [1.54, 1.807) is 0 Å². The van der Waals surface area contributed by atoms with Gasteiger partial charge in [-0.1, -0.05) is 51.9 Å². The van der Waals surface area contributed by atoms with Gasteiger partial charge >= 0.3 is 0 Å². The summed E-state index contributed by atoms with van der Waals surface area (Å²) in [6.45, 7) is 12.1. The van der Waals surface area contributed by atoms with Crippen molar-refractivity contribution in [2.24, 2.45) is 11.3 Å². The normalized spacial score (nSPS) is 11.1. The Morgan fingerprint density at radius 2 is 1.88 bits per heavy atom. The first-order valence-electron chi connectivity index (χ1n) is 7.90. The molecule has 0 bridgehead atoms. The van der Waals surface area contributed by atoms with E-state index >= 15 is 0 Å². The minimum atomic E-state index is -0.421. The average molecular weight is 368 g/mol. The van der Waals surface area contributed by atoms with Crippen molar-refractivity contribution in [2.45, 2.75) is 34.1 Å².